The second kappa shape index (κ2) is 5.30. The molecule has 5 nitrogen and oxygen atoms in total. The third kappa shape index (κ3) is 2.65. The van der Waals surface area contributed by atoms with Gasteiger partial charge in [-0.1, -0.05) is 11.2 Å². The van der Waals surface area contributed by atoms with Gasteiger partial charge in [-0.05, 0) is 37.1 Å². The van der Waals surface area contributed by atoms with Gasteiger partial charge in [-0.15, -0.1) is 0 Å². The van der Waals surface area contributed by atoms with Gasteiger partial charge >= 0.3 is 0 Å². The van der Waals surface area contributed by atoms with Gasteiger partial charge in [-0.3, -0.25) is 4.79 Å². The highest BCUT2D eigenvalue weighted by Gasteiger charge is 2.29. The fraction of sp³-hybridized carbons (Fsp3) is 0.333. The molecule has 0 saturated heterocycles. The molecule has 0 aromatic heterocycles. The Labute approximate surface area is 104 Å². The van der Waals surface area contributed by atoms with Gasteiger partial charge in [0.2, 0.25) is 5.69 Å². The van der Waals surface area contributed by atoms with E-state index in [-0.39, 0.29) is 18.0 Å². The minimum Gasteiger partial charge on any atom is -0.299 e. The summed E-state index contributed by atoms with van der Waals surface area (Å²) in [4.78, 5) is 17.4. The summed E-state index contributed by atoms with van der Waals surface area (Å²) >= 11 is 0. The van der Waals surface area contributed by atoms with Crippen molar-refractivity contribution < 1.29 is 9.18 Å². The van der Waals surface area contributed by atoms with Crippen LogP contribution in [0.3, 0.4) is 0 Å². The molecule has 0 aliphatic carbocycles. The van der Waals surface area contributed by atoms with Crippen LogP contribution in [0.2, 0.25) is 0 Å². The number of azide groups is 1. The molecule has 18 heavy (non-hydrogen) atoms. The Hall–Kier alpha value is -2.38. The topological polar surface area (TPSA) is 70.2 Å². The molecule has 0 N–H and O–H groups in total. The second-order valence-corrected chi connectivity index (χ2v) is 4.22. The van der Waals surface area contributed by atoms with E-state index in [1.54, 1.807) is 13.8 Å². The summed E-state index contributed by atoms with van der Waals surface area (Å²) in [7, 11) is 0. The van der Waals surface area contributed by atoms with Crippen molar-refractivity contribution in [3.05, 3.63) is 51.4 Å². The zero-order valence-electron chi connectivity index (χ0n) is 10.0. The van der Waals surface area contributed by atoms with E-state index in [0.717, 1.165) is 6.07 Å². The molecule has 0 heterocycles. The van der Waals surface area contributed by atoms with Gasteiger partial charge in [0.15, 0.2) is 0 Å². The van der Waals surface area contributed by atoms with E-state index in [0.29, 0.717) is 5.56 Å². The van der Waals surface area contributed by atoms with E-state index in [9.17, 15) is 9.18 Å². The predicted octanol–water partition coefficient (Wildman–Crippen LogP) is 3.53. The summed E-state index contributed by atoms with van der Waals surface area (Å²) in [6.45, 7) is 9.85. The molecule has 0 amide bonds. The smallest absolute Gasteiger partial charge is 0.222 e. The molecule has 0 bridgehead atoms. The Kier molecular flexibility index (Phi) is 4.03. The third-order valence-electron chi connectivity index (χ3n) is 2.76. The minimum atomic E-state index is -0.929. The molecule has 1 aromatic rings. The first-order chi connectivity index (χ1) is 8.43. The van der Waals surface area contributed by atoms with Crippen molar-refractivity contribution in [2.24, 2.45) is 5.11 Å². The van der Waals surface area contributed by atoms with Crippen molar-refractivity contribution in [3.8, 4) is 0 Å². The maximum atomic E-state index is 13.2. The highest BCUT2D eigenvalue weighted by atomic mass is 19.1. The van der Waals surface area contributed by atoms with E-state index in [1.165, 1.54) is 12.1 Å². The SMILES string of the molecule is [C-]#[N+]c1cc(C(C)(C)C(=O)CN=[N+]=[N-])ccc1F. The van der Waals surface area contributed by atoms with Gasteiger partial charge in [-0.2, -0.15) is 0 Å². The highest BCUT2D eigenvalue weighted by Crippen LogP contribution is 2.29. The van der Waals surface area contributed by atoms with Crippen molar-refractivity contribution in [3.63, 3.8) is 0 Å². The van der Waals surface area contributed by atoms with Crippen LogP contribution in [0.1, 0.15) is 19.4 Å². The fourth-order valence-electron chi connectivity index (χ4n) is 1.44. The Morgan fingerprint density at radius 3 is 2.78 bits per heavy atom. The number of rotatable bonds is 4. The zero-order chi connectivity index (χ0) is 13.8. The number of Topliss-reactive ketones (excluding diaryl/α,β-unsaturated/α-hetero) is 1. The number of benzene rings is 1. The molecule has 0 spiro atoms. The van der Waals surface area contributed by atoms with Gasteiger partial charge in [0.05, 0.1) is 13.1 Å². The lowest BCUT2D eigenvalue weighted by atomic mass is 9.80. The van der Waals surface area contributed by atoms with Gasteiger partial charge < -0.3 is 0 Å². The monoisotopic (exact) mass is 246 g/mol. The molecule has 1 aromatic carbocycles. The third-order valence-corrected chi connectivity index (χ3v) is 2.76. The highest BCUT2D eigenvalue weighted by molar-refractivity contribution is 5.91. The number of carbonyl (C=O) groups is 1. The number of hydrogen-bond donors (Lipinski definition) is 0. The second-order valence-electron chi connectivity index (χ2n) is 4.22. The van der Waals surface area contributed by atoms with Gasteiger partial charge in [0.25, 0.3) is 0 Å². The number of halogens is 1. The van der Waals surface area contributed by atoms with Crippen LogP contribution in [0.5, 0.6) is 0 Å². The van der Waals surface area contributed by atoms with Crippen LogP contribution in [-0.4, -0.2) is 12.3 Å². The summed E-state index contributed by atoms with van der Waals surface area (Å²) in [5.41, 5.74) is 7.65. The first-order valence-corrected chi connectivity index (χ1v) is 5.15. The number of hydrogen-bond acceptors (Lipinski definition) is 2. The fourth-order valence-corrected chi connectivity index (χ4v) is 1.44. The van der Waals surface area contributed by atoms with E-state index >= 15 is 0 Å². The Bertz CT molecular complexity index is 568. The van der Waals surface area contributed by atoms with Crippen LogP contribution in [-0.2, 0) is 10.2 Å². The van der Waals surface area contributed by atoms with Crippen molar-refractivity contribution in [2.75, 3.05) is 6.54 Å². The Balaban J connectivity index is 3.16. The average molecular weight is 246 g/mol. The molecule has 1 rings (SSSR count). The molecular weight excluding hydrogens is 235 g/mol. The molecule has 0 saturated carbocycles. The number of ketones is 1. The lowest BCUT2D eigenvalue weighted by molar-refractivity contribution is -0.122. The van der Waals surface area contributed by atoms with E-state index in [2.05, 4.69) is 14.9 Å². The molecule has 0 aliphatic rings. The van der Waals surface area contributed by atoms with Crippen molar-refractivity contribution >= 4 is 11.5 Å². The maximum Gasteiger partial charge on any atom is 0.222 e. The minimum absolute atomic E-state index is 0.128. The van der Waals surface area contributed by atoms with Crippen LogP contribution >= 0.6 is 0 Å². The van der Waals surface area contributed by atoms with Crippen LogP contribution in [0.25, 0.3) is 15.3 Å². The zero-order valence-corrected chi connectivity index (χ0v) is 10.0. The summed E-state index contributed by atoms with van der Waals surface area (Å²) in [5, 5.41) is 3.22. The lowest BCUT2D eigenvalue weighted by Crippen LogP contribution is -2.30. The largest absolute Gasteiger partial charge is 0.299 e. The van der Waals surface area contributed by atoms with Crippen LogP contribution in [0.4, 0.5) is 10.1 Å². The molecule has 0 fully saturated rings. The van der Waals surface area contributed by atoms with Crippen molar-refractivity contribution in [2.45, 2.75) is 19.3 Å². The van der Waals surface area contributed by atoms with Crippen molar-refractivity contribution in [1.82, 2.24) is 0 Å². The molecule has 0 radical (unpaired) electrons. The quantitative estimate of drug-likeness (QED) is 0.346. The van der Waals surface area contributed by atoms with Gasteiger partial charge in [0, 0.05) is 10.3 Å². The average Bonchev–Trinajstić information content (AvgIpc) is 2.36. The van der Waals surface area contributed by atoms with E-state index in [4.69, 9.17) is 12.1 Å². The first kappa shape index (κ1) is 13.7. The molecule has 0 unspecified atom stereocenters. The Morgan fingerprint density at radius 1 is 1.56 bits per heavy atom. The lowest BCUT2D eigenvalue weighted by Gasteiger charge is -2.23. The van der Waals surface area contributed by atoms with Crippen LogP contribution < -0.4 is 0 Å². The summed E-state index contributed by atoms with van der Waals surface area (Å²) in [6, 6.07) is 3.96. The number of nitrogens with zero attached hydrogens (tertiary/aromatic N) is 4. The molecular formula is C12H11FN4O. The predicted molar refractivity (Wildman–Crippen MR) is 64.7 cm³/mol. The van der Waals surface area contributed by atoms with Crippen molar-refractivity contribution in [1.29, 1.82) is 0 Å². The Morgan fingerprint density at radius 2 is 2.22 bits per heavy atom. The molecule has 6 heteroatoms. The molecule has 92 valence electrons. The van der Waals surface area contributed by atoms with Gasteiger partial charge in [0.1, 0.15) is 11.6 Å². The standard InChI is InChI=1S/C12H11FN4O/c1-12(2,11(18)7-16-17-14)8-4-5-9(13)10(6-8)15-3/h4-6H,7H2,1-2H3. The van der Waals surface area contributed by atoms with E-state index < -0.39 is 11.2 Å². The number of carbonyl (C=O) groups excluding carboxylic acids is 1. The summed E-state index contributed by atoms with van der Waals surface area (Å²) in [5.74, 6) is -0.908. The molecule has 0 aliphatic heterocycles. The van der Waals surface area contributed by atoms with E-state index in [1.807, 2.05) is 0 Å². The maximum absolute atomic E-state index is 13.2. The molecule has 0 atom stereocenters. The van der Waals surface area contributed by atoms with Crippen LogP contribution in [0.15, 0.2) is 23.3 Å². The first-order valence-electron chi connectivity index (χ1n) is 5.15. The summed E-state index contributed by atoms with van der Waals surface area (Å²) < 4.78 is 13.2. The van der Waals surface area contributed by atoms with Gasteiger partial charge in [-0.25, -0.2) is 9.24 Å². The summed E-state index contributed by atoms with van der Waals surface area (Å²) in [6.07, 6.45) is 0. The normalized spacial score (nSPS) is 10.3. The van der Waals surface area contributed by atoms with Crippen LogP contribution in [0, 0.1) is 12.4 Å².